The van der Waals surface area contributed by atoms with Crippen LogP contribution in [0.3, 0.4) is 0 Å². The highest BCUT2D eigenvalue weighted by Gasteiger charge is 2.51. The van der Waals surface area contributed by atoms with Crippen LogP contribution >= 0.6 is 0 Å². The molecule has 6 heteroatoms. The van der Waals surface area contributed by atoms with Crippen molar-refractivity contribution in [2.45, 2.75) is 64.2 Å². The summed E-state index contributed by atoms with van der Waals surface area (Å²) in [6.45, 7) is 5.82. The summed E-state index contributed by atoms with van der Waals surface area (Å²) in [5.41, 5.74) is 0.107. The van der Waals surface area contributed by atoms with Crippen LogP contribution in [-0.4, -0.2) is 35.6 Å². The molecule has 1 saturated carbocycles. The Kier molecular flexibility index (Phi) is 5.82. The van der Waals surface area contributed by atoms with E-state index in [1.807, 2.05) is 30.3 Å². The minimum atomic E-state index is -0.978. The molecule has 1 fully saturated rings. The van der Waals surface area contributed by atoms with E-state index >= 15 is 0 Å². The quantitative estimate of drug-likeness (QED) is 0.845. The standard InChI is InChI=1S/C19H25NO5/c1-12(21)20-19(4)17(24-13(2)22)10-16(11-18(19)25-14(3)23)15-8-6-5-7-9-15/h5-9,16-18H,10-11H2,1-4H3,(H,20,21). The zero-order valence-corrected chi connectivity index (χ0v) is 15.1. The summed E-state index contributed by atoms with van der Waals surface area (Å²) >= 11 is 0. The summed E-state index contributed by atoms with van der Waals surface area (Å²) in [6, 6.07) is 9.82. The molecule has 0 heterocycles. The van der Waals surface area contributed by atoms with E-state index in [1.165, 1.54) is 20.8 Å². The SMILES string of the molecule is CC(=O)NC1(C)C(OC(C)=O)CC(c2ccccc2)CC1OC(C)=O. The second-order valence-electron chi connectivity index (χ2n) is 6.74. The van der Waals surface area contributed by atoms with E-state index in [4.69, 9.17) is 9.47 Å². The molecule has 0 bridgehead atoms. The van der Waals surface area contributed by atoms with Crippen LogP contribution in [0.2, 0.25) is 0 Å². The number of carbonyl (C=O) groups is 3. The number of benzene rings is 1. The Labute approximate surface area is 147 Å². The summed E-state index contributed by atoms with van der Waals surface area (Å²) in [6.07, 6.45) is -0.120. The monoisotopic (exact) mass is 347 g/mol. The highest BCUT2D eigenvalue weighted by Crippen LogP contribution is 2.41. The molecule has 25 heavy (non-hydrogen) atoms. The van der Waals surface area contributed by atoms with Gasteiger partial charge in [-0.15, -0.1) is 0 Å². The summed E-state index contributed by atoms with van der Waals surface area (Å²) < 4.78 is 11.1. The number of hydrogen-bond acceptors (Lipinski definition) is 5. The van der Waals surface area contributed by atoms with Crippen molar-refractivity contribution in [3.8, 4) is 0 Å². The Morgan fingerprint density at radius 2 is 1.44 bits per heavy atom. The normalized spacial score (nSPS) is 28.7. The molecular formula is C19H25NO5. The number of esters is 2. The van der Waals surface area contributed by atoms with E-state index in [-0.39, 0.29) is 11.8 Å². The number of amides is 1. The third kappa shape index (κ3) is 4.59. The Balaban J connectivity index is 2.39. The van der Waals surface area contributed by atoms with Crippen molar-refractivity contribution in [3.63, 3.8) is 0 Å². The highest BCUT2D eigenvalue weighted by atomic mass is 16.6. The molecule has 1 aliphatic rings. The summed E-state index contributed by atoms with van der Waals surface area (Å²) in [4.78, 5) is 35.0. The summed E-state index contributed by atoms with van der Waals surface area (Å²) in [7, 11) is 0. The zero-order chi connectivity index (χ0) is 18.6. The van der Waals surface area contributed by atoms with Gasteiger partial charge in [0.05, 0.1) is 0 Å². The molecule has 136 valence electrons. The van der Waals surface area contributed by atoms with Crippen molar-refractivity contribution in [1.82, 2.24) is 5.32 Å². The molecule has 2 atom stereocenters. The lowest BCUT2D eigenvalue weighted by molar-refractivity contribution is -0.172. The molecule has 2 rings (SSSR count). The first kappa shape index (κ1) is 19.0. The van der Waals surface area contributed by atoms with Crippen LogP contribution in [0.25, 0.3) is 0 Å². The molecule has 0 aromatic heterocycles. The second-order valence-corrected chi connectivity index (χ2v) is 6.74. The molecule has 1 N–H and O–H groups in total. The Hall–Kier alpha value is -2.37. The van der Waals surface area contributed by atoms with Crippen molar-refractivity contribution in [2.24, 2.45) is 0 Å². The third-order valence-electron chi connectivity index (χ3n) is 4.67. The fraction of sp³-hybridized carbons (Fsp3) is 0.526. The van der Waals surface area contributed by atoms with Crippen molar-refractivity contribution in [3.05, 3.63) is 35.9 Å². The van der Waals surface area contributed by atoms with E-state index in [2.05, 4.69) is 5.32 Å². The van der Waals surface area contributed by atoms with Gasteiger partial charge in [-0.25, -0.2) is 0 Å². The maximum Gasteiger partial charge on any atom is 0.302 e. The largest absolute Gasteiger partial charge is 0.460 e. The van der Waals surface area contributed by atoms with Gasteiger partial charge in [-0.05, 0) is 31.2 Å². The van der Waals surface area contributed by atoms with E-state index < -0.39 is 29.7 Å². The van der Waals surface area contributed by atoms with Crippen LogP contribution in [-0.2, 0) is 23.9 Å². The fourth-order valence-electron chi connectivity index (χ4n) is 3.59. The molecule has 1 aliphatic carbocycles. The minimum Gasteiger partial charge on any atom is -0.460 e. The summed E-state index contributed by atoms with van der Waals surface area (Å²) in [5, 5.41) is 2.85. The van der Waals surface area contributed by atoms with E-state index in [0.717, 1.165) is 5.56 Å². The Morgan fingerprint density at radius 3 is 1.84 bits per heavy atom. The zero-order valence-electron chi connectivity index (χ0n) is 15.1. The van der Waals surface area contributed by atoms with Gasteiger partial charge in [-0.3, -0.25) is 14.4 Å². The molecule has 1 aromatic carbocycles. The van der Waals surface area contributed by atoms with Gasteiger partial charge >= 0.3 is 11.9 Å². The average Bonchev–Trinajstić information content (AvgIpc) is 2.50. The average molecular weight is 347 g/mol. The Morgan fingerprint density at radius 1 is 0.960 bits per heavy atom. The predicted octanol–water partition coefficient (Wildman–Crippen LogP) is 2.32. The van der Waals surface area contributed by atoms with Gasteiger partial charge in [0, 0.05) is 20.8 Å². The maximum atomic E-state index is 11.7. The molecule has 0 aliphatic heterocycles. The molecule has 6 nitrogen and oxygen atoms in total. The van der Waals surface area contributed by atoms with Gasteiger partial charge in [0.1, 0.15) is 17.7 Å². The third-order valence-corrected chi connectivity index (χ3v) is 4.67. The molecule has 2 unspecified atom stereocenters. The lowest BCUT2D eigenvalue weighted by Crippen LogP contribution is -2.66. The van der Waals surface area contributed by atoms with Crippen molar-refractivity contribution in [2.75, 3.05) is 0 Å². The van der Waals surface area contributed by atoms with Crippen LogP contribution in [0.1, 0.15) is 52.0 Å². The van der Waals surface area contributed by atoms with Crippen molar-refractivity contribution < 1.29 is 23.9 Å². The fourth-order valence-corrected chi connectivity index (χ4v) is 3.59. The van der Waals surface area contributed by atoms with Crippen LogP contribution in [0.4, 0.5) is 0 Å². The van der Waals surface area contributed by atoms with E-state index in [9.17, 15) is 14.4 Å². The van der Waals surface area contributed by atoms with Gasteiger partial charge in [-0.1, -0.05) is 30.3 Å². The van der Waals surface area contributed by atoms with Gasteiger partial charge in [-0.2, -0.15) is 0 Å². The first-order chi connectivity index (χ1) is 11.7. The van der Waals surface area contributed by atoms with Crippen LogP contribution in [0.15, 0.2) is 30.3 Å². The maximum absolute atomic E-state index is 11.7. The molecule has 1 aromatic rings. The number of nitrogens with one attached hydrogen (secondary N) is 1. The molecular weight excluding hydrogens is 322 g/mol. The second kappa shape index (κ2) is 7.68. The summed E-state index contributed by atoms with van der Waals surface area (Å²) in [5.74, 6) is -1.08. The smallest absolute Gasteiger partial charge is 0.302 e. The predicted molar refractivity (Wildman–Crippen MR) is 91.7 cm³/mol. The molecule has 0 spiro atoms. The van der Waals surface area contributed by atoms with Gasteiger partial charge in [0.15, 0.2) is 0 Å². The Bertz CT molecular complexity index is 616. The first-order valence-electron chi connectivity index (χ1n) is 8.40. The molecule has 0 saturated heterocycles. The number of rotatable bonds is 4. The lowest BCUT2D eigenvalue weighted by atomic mass is 9.70. The first-order valence-corrected chi connectivity index (χ1v) is 8.40. The molecule has 1 amide bonds. The van der Waals surface area contributed by atoms with Crippen molar-refractivity contribution >= 4 is 17.8 Å². The van der Waals surface area contributed by atoms with E-state index in [1.54, 1.807) is 6.92 Å². The number of hydrogen-bond donors (Lipinski definition) is 1. The lowest BCUT2D eigenvalue weighted by Gasteiger charge is -2.48. The van der Waals surface area contributed by atoms with Gasteiger partial charge in [0.2, 0.25) is 5.91 Å². The molecule has 0 radical (unpaired) electrons. The van der Waals surface area contributed by atoms with Crippen LogP contribution in [0.5, 0.6) is 0 Å². The minimum absolute atomic E-state index is 0.0525. The van der Waals surface area contributed by atoms with Crippen LogP contribution in [0, 0.1) is 0 Å². The highest BCUT2D eigenvalue weighted by molar-refractivity contribution is 5.74. The topological polar surface area (TPSA) is 81.7 Å². The van der Waals surface area contributed by atoms with Crippen molar-refractivity contribution in [1.29, 1.82) is 0 Å². The van der Waals surface area contributed by atoms with E-state index in [0.29, 0.717) is 12.8 Å². The number of ether oxygens (including phenoxy) is 2. The van der Waals surface area contributed by atoms with Gasteiger partial charge in [0.25, 0.3) is 0 Å². The van der Waals surface area contributed by atoms with Gasteiger partial charge < -0.3 is 14.8 Å². The van der Waals surface area contributed by atoms with Crippen LogP contribution < -0.4 is 5.32 Å². The number of carbonyl (C=O) groups excluding carboxylic acids is 3.